The van der Waals surface area contributed by atoms with Gasteiger partial charge in [0.25, 0.3) is 0 Å². The summed E-state index contributed by atoms with van der Waals surface area (Å²) >= 11 is 0. The first-order valence-corrected chi connectivity index (χ1v) is 5.70. The Morgan fingerprint density at radius 3 is 2.88 bits per heavy atom. The van der Waals surface area contributed by atoms with Gasteiger partial charge in [-0.15, -0.1) is 11.5 Å². The summed E-state index contributed by atoms with van der Waals surface area (Å²) in [4.78, 5) is 0. The molecular formula is C16H17F. The fourth-order valence-corrected chi connectivity index (χ4v) is 1.62. The van der Waals surface area contributed by atoms with Gasteiger partial charge in [0.05, 0.1) is 6.67 Å². The Labute approximate surface area is 103 Å². The molecule has 1 aliphatic rings. The first-order chi connectivity index (χ1) is 8.22. The van der Waals surface area contributed by atoms with E-state index in [1.807, 2.05) is 24.3 Å². The first kappa shape index (κ1) is 13.3. The Kier molecular flexibility index (Phi) is 5.23. The van der Waals surface area contributed by atoms with Crippen LogP contribution in [0.5, 0.6) is 0 Å². The van der Waals surface area contributed by atoms with Crippen molar-refractivity contribution in [1.82, 2.24) is 0 Å². The van der Waals surface area contributed by atoms with E-state index >= 15 is 0 Å². The molecule has 0 saturated carbocycles. The topological polar surface area (TPSA) is 0 Å². The standard InChI is InChI=1S/C16H17F/c1-4-14-8-6-7-9-15(12-14)16(5-2)13(3)10-11-17/h6,8-9,12H,2-4,10-11H2,1H3. The molecule has 1 aliphatic carbocycles. The van der Waals surface area contributed by atoms with Crippen LogP contribution in [-0.4, -0.2) is 6.67 Å². The highest BCUT2D eigenvalue weighted by Crippen LogP contribution is 2.24. The monoisotopic (exact) mass is 228 g/mol. The summed E-state index contributed by atoms with van der Waals surface area (Å²) in [5.41, 5.74) is 9.55. The van der Waals surface area contributed by atoms with Crippen LogP contribution in [0.1, 0.15) is 19.8 Å². The Morgan fingerprint density at radius 1 is 1.53 bits per heavy atom. The summed E-state index contributed by atoms with van der Waals surface area (Å²) in [6, 6.07) is 0. The fraction of sp³-hybridized carbons (Fsp3) is 0.250. The molecule has 0 heterocycles. The third-order valence-corrected chi connectivity index (χ3v) is 2.60. The maximum atomic E-state index is 12.3. The number of hydrogen-bond acceptors (Lipinski definition) is 0. The smallest absolute Gasteiger partial charge is 0.0935 e. The molecule has 0 unspecified atom stereocenters. The van der Waals surface area contributed by atoms with Gasteiger partial charge in [0, 0.05) is 12.0 Å². The summed E-state index contributed by atoms with van der Waals surface area (Å²) < 4.78 is 12.3. The normalized spacial score (nSPS) is 13.5. The van der Waals surface area contributed by atoms with Gasteiger partial charge in [-0.25, -0.2) is 0 Å². The largest absolute Gasteiger partial charge is 0.251 e. The predicted molar refractivity (Wildman–Crippen MR) is 71.5 cm³/mol. The van der Waals surface area contributed by atoms with Gasteiger partial charge in [0.1, 0.15) is 0 Å². The maximum absolute atomic E-state index is 12.3. The van der Waals surface area contributed by atoms with Gasteiger partial charge >= 0.3 is 0 Å². The molecule has 0 aromatic carbocycles. The summed E-state index contributed by atoms with van der Waals surface area (Å²) in [6.45, 7) is 9.21. The van der Waals surface area contributed by atoms with Gasteiger partial charge in [0.15, 0.2) is 0 Å². The SMILES string of the molecule is C=C=C(C(=C)CCF)C1=CC(CC)=CC=C=C1. The molecule has 88 valence electrons. The van der Waals surface area contributed by atoms with E-state index in [2.05, 4.69) is 31.5 Å². The molecule has 0 aromatic heterocycles. The Balaban J connectivity index is 3.10. The summed E-state index contributed by atoms with van der Waals surface area (Å²) in [6.07, 6.45) is 9.06. The van der Waals surface area contributed by atoms with E-state index in [1.165, 1.54) is 5.57 Å². The lowest BCUT2D eigenvalue weighted by Gasteiger charge is -2.08. The van der Waals surface area contributed by atoms with E-state index in [-0.39, 0.29) is 0 Å². The third-order valence-electron chi connectivity index (χ3n) is 2.60. The minimum absolute atomic E-state index is 0.317. The van der Waals surface area contributed by atoms with Crippen LogP contribution in [-0.2, 0) is 0 Å². The zero-order valence-electron chi connectivity index (χ0n) is 10.2. The van der Waals surface area contributed by atoms with Crippen molar-refractivity contribution in [3.8, 4) is 0 Å². The molecule has 0 spiro atoms. The van der Waals surface area contributed by atoms with Gasteiger partial charge in [-0.3, -0.25) is 4.39 Å². The average Bonchev–Trinajstić information content (AvgIpc) is 2.56. The van der Waals surface area contributed by atoms with Crippen molar-refractivity contribution in [2.45, 2.75) is 19.8 Å². The Bertz CT molecular complexity index is 474. The second-order valence-electron chi connectivity index (χ2n) is 3.77. The van der Waals surface area contributed by atoms with Crippen molar-refractivity contribution < 1.29 is 4.39 Å². The van der Waals surface area contributed by atoms with Crippen LogP contribution >= 0.6 is 0 Å². The van der Waals surface area contributed by atoms with E-state index in [0.717, 1.165) is 23.1 Å². The highest BCUT2D eigenvalue weighted by molar-refractivity contribution is 5.53. The molecule has 1 heteroatoms. The number of alkyl halides is 1. The molecule has 0 aromatic rings. The first-order valence-electron chi connectivity index (χ1n) is 5.70. The molecule has 0 nitrogen and oxygen atoms in total. The molecule has 17 heavy (non-hydrogen) atoms. The van der Waals surface area contributed by atoms with Gasteiger partial charge in [-0.1, -0.05) is 26.2 Å². The molecule has 1 rings (SSSR count). The van der Waals surface area contributed by atoms with Crippen LogP contribution in [0, 0.1) is 0 Å². The average molecular weight is 228 g/mol. The molecule has 0 bridgehead atoms. The van der Waals surface area contributed by atoms with Crippen molar-refractivity contribution in [1.29, 1.82) is 0 Å². The Hall–Kier alpha value is -1.81. The molecule has 0 saturated heterocycles. The highest BCUT2D eigenvalue weighted by Gasteiger charge is 2.07. The zero-order chi connectivity index (χ0) is 12.7. The van der Waals surface area contributed by atoms with E-state index in [0.29, 0.717) is 6.42 Å². The lowest BCUT2D eigenvalue weighted by atomic mass is 9.96. The highest BCUT2D eigenvalue weighted by atomic mass is 19.1. The van der Waals surface area contributed by atoms with Crippen LogP contribution in [0.15, 0.2) is 71.2 Å². The zero-order valence-corrected chi connectivity index (χ0v) is 10.2. The number of halogens is 1. The second-order valence-corrected chi connectivity index (χ2v) is 3.77. The van der Waals surface area contributed by atoms with E-state index in [4.69, 9.17) is 0 Å². The van der Waals surface area contributed by atoms with Crippen molar-refractivity contribution in [3.63, 3.8) is 0 Å². The lowest BCUT2D eigenvalue weighted by Crippen LogP contribution is -1.93. The quantitative estimate of drug-likeness (QED) is 0.476. The van der Waals surface area contributed by atoms with Crippen LogP contribution in [0.2, 0.25) is 0 Å². The van der Waals surface area contributed by atoms with Crippen LogP contribution in [0.4, 0.5) is 4.39 Å². The Morgan fingerprint density at radius 2 is 2.29 bits per heavy atom. The lowest BCUT2D eigenvalue weighted by molar-refractivity contribution is 0.496. The van der Waals surface area contributed by atoms with E-state index in [1.54, 1.807) is 0 Å². The molecule has 0 atom stereocenters. The van der Waals surface area contributed by atoms with Crippen molar-refractivity contribution >= 4 is 0 Å². The molecule has 0 N–H and O–H groups in total. The van der Waals surface area contributed by atoms with Gasteiger partial charge < -0.3 is 0 Å². The van der Waals surface area contributed by atoms with Crippen LogP contribution < -0.4 is 0 Å². The molecule has 0 fully saturated rings. The number of allylic oxidation sites excluding steroid dienone is 7. The van der Waals surface area contributed by atoms with E-state index in [9.17, 15) is 4.39 Å². The summed E-state index contributed by atoms with van der Waals surface area (Å²) in [5.74, 6) is 0. The van der Waals surface area contributed by atoms with Crippen molar-refractivity contribution in [2.24, 2.45) is 0 Å². The summed E-state index contributed by atoms with van der Waals surface area (Å²) in [5, 5.41) is 0. The van der Waals surface area contributed by atoms with Crippen molar-refractivity contribution in [3.05, 3.63) is 71.2 Å². The minimum atomic E-state index is -0.409. The summed E-state index contributed by atoms with van der Waals surface area (Å²) in [7, 11) is 0. The predicted octanol–water partition coefficient (Wildman–Crippen LogP) is 4.60. The van der Waals surface area contributed by atoms with Gasteiger partial charge in [0.2, 0.25) is 0 Å². The molecule has 0 aliphatic heterocycles. The molecule has 0 amide bonds. The van der Waals surface area contributed by atoms with Crippen LogP contribution in [0.3, 0.4) is 0 Å². The van der Waals surface area contributed by atoms with Gasteiger partial charge in [-0.2, -0.15) is 0 Å². The minimum Gasteiger partial charge on any atom is -0.251 e. The molecular weight excluding hydrogens is 211 g/mol. The second kappa shape index (κ2) is 6.70. The third kappa shape index (κ3) is 3.60. The van der Waals surface area contributed by atoms with Crippen molar-refractivity contribution in [2.75, 3.05) is 6.67 Å². The number of rotatable bonds is 5. The fourth-order valence-electron chi connectivity index (χ4n) is 1.62. The molecule has 0 radical (unpaired) electrons. The van der Waals surface area contributed by atoms with Crippen LogP contribution in [0.25, 0.3) is 0 Å². The van der Waals surface area contributed by atoms with Gasteiger partial charge in [-0.05, 0) is 41.4 Å². The number of hydrogen-bond donors (Lipinski definition) is 0. The van der Waals surface area contributed by atoms with E-state index < -0.39 is 6.67 Å². The maximum Gasteiger partial charge on any atom is 0.0935 e.